The number of aryl methyl sites for hydroxylation is 1. The van der Waals surface area contributed by atoms with Crippen LogP contribution < -0.4 is 16.0 Å². The van der Waals surface area contributed by atoms with Gasteiger partial charge in [-0.05, 0) is 19.9 Å². The zero-order chi connectivity index (χ0) is 11.3. The van der Waals surface area contributed by atoms with E-state index in [1.807, 2.05) is 32.0 Å². The van der Waals surface area contributed by atoms with Gasteiger partial charge in [-0.1, -0.05) is 17.7 Å². The Morgan fingerprint density at radius 3 is 2.87 bits per heavy atom. The first-order chi connectivity index (χ1) is 7.17. The van der Waals surface area contributed by atoms with Gasteiger partial charge in [0.1, 0.15) is 5.75 Å². The molecule has 0 heterocycles. The van der Waals surface area contributed by atoms with Gasteiger partial charge < -0.3 is 4.74 Å². The number of carbonyl (C=O) groups is 1. The lowest BCUT2D eigenvalue weighted by atomic mass is 10.1. The molecule has 0 aliphatic heterocycles. The molecule has 1 aromatic carbocycles. The van der Waals surface area contributed by atoms with Crippen LogP contribution in [0.15, 0.2) is 18.2 Å². The van der Waals surface area contributed by atoms with E-state index in [0.29, 0.717) is 6.61 Å². The first kappa shape index (κ1) is 11.5. The number of carbonyl (C=O) groups excluding carboxylic acids is 1. The lowest BCUT2D eigenvalue weighted by Gasteiger charge is -2.10. The number of benzene rings is 1. The minimum Gasteiger partial charge on any atom is -0.494 e. The highest BCUT2D eigenvalue weighted by Crippen LogP contribution is 2.20. The summed E-state index contributed by atoms with van der Waals surface area (Å²) in [7, 11) is 0. The Morgan fingerprint density at radius 2 is 2.27 bits per heavy atom. The highest BCUT2D eigenvalue weighted by Gasteiger charge is 2.07. The van der Waals surface area contributed by atoms with Gasteiger partial charge in [-0.25, -0.2) is 5.84 Å². The molecule has 0 bridgehead atoms. The van der Waals surface area contributed by atoms with Crippen molar-refractivity contribution in [3.8, 4) is 5.75 Å². The molecule has 0 spiro atoms. The van der Waals surface area contributed by atoms with Crippen molar-refractivity contribution in [2.75, 3.05) is 6.61 Å². The average Bonchev–Trinajstić information content (AvgIpc) is 2.22. The zero-order valence-corrected chi connectivity index (χ0v) is 9.04. The third-order valence-electron chi connectivity index (χ3n) is 2.03. The van der Waals surface area contributed by atoms with E-state index in [0.717, 1.165) is 16.9 Å². The summed E-state index contributed by atoms with van der Waals surface area (Å²) in [6.07, 6.45) is 0.244. The topological polar surface area (TPSA) is 64.3 Å². The molecule has 0 aliphatic carbocycles. The Balaban J connectivity index is 2.91. The smallest absolute Gasteiger partial charge is 0.238 e. The summed E-state index contributed by atoms with van der Waals surface area (Å²) >= 11 is 0. The monoisotopic (exact) mass is 208 g/mol. The highest BCUT2D eigenvalue weighted by atomic mass is 16.5. The van der Waals surface area contributed by atoms with Crippen molar-refractivity contribution in [2.45, 2.75) is 20.3 Å². The number of nitrogens with one attached hydrogen (secondary N) is 1. The van der Waals surface area contributed by atoms with Crippen molar-refractivity contribution in [3.63, 3.8) is 0 Å². The third kappa shape index (κ3) is 3.25. The molecule has 3 N–H and O–H groups in total. The van der Waals surface area contributed by atoms with Crippen LogP contribution in [0.4, 0.5) is 0 Å². The van der Waals surface area contributed by atoms with Gasteiger partial charge in [0, 0.05) is 5.56 Å². The molecule has 0 saturated carbocycles. The van der Waals surface area contributed by atoms with Crippen molar-refractivity contribution < 1.29 is 9.53 Å². The van der Waals surface area contributed by atoms with Crippen molar-refractivity contribution in [2.24, 2.45) is 5.84 Å². The lowest BCUT2D eigenvalue weighted by molar-refractivity contribution is -0.120. The van der Waals surface area contributed by atoms with Crippen LogP contribution in [0.2, 0.25) is 0 Å². The molecule has 15 heavy (non-hydrogen) atoms. The molecule has 4 nitrogen and oxygen atoms in total. The maximum atomic E-state index is 11.2. The second kappa shape index (κ2) is 5.36. The van der Waals surface area contributed by atoms with Crippen molar-refractivity contribution >= 4 is 5.91 Å². The molecule has 1 amide bonds. The predicted molar refractivity (Wildman–Crippen MR) is 58.4 cm³/mol. The van der Waals surface area contributed by atoms with E-state index >= 15 is 0 Å². The fraction of sp³-hybridized carbons (Fsp3) is 0.364. The summed E-state index contributed by atoms with van der Waals surface area (Å²) in [5.74, 6) is 5.56. The van der Waals surface area contributed by atoms with E-state index in [1.54, 1.807) is 0 Å². The number of hydrogen-bond acceptors (Lipinski definition) is 3. The minimum absolute atomic E-state index is 0.221. The molecule has 1 rings (SSSR count). The van der Waals surface area contributed by atoms with E-state index in [-0.39, 0.29) is 12.3 Å². The van der Waals surface area contributed by atoms with Crippen molar-refractivity contribution in [1.29, 1.82) is 0 Å². The van der Waals surface area contributed by atoms with Crippen LogP contribution in [0.1, 0.15) is 18.1 Å². The molecular weight excluding hydrogens is 192 g/mol. The second-order valence-electron chi connectivity index (χ2n) is 3.29. The summed E-state index contributed by atoms with van der Waals surface area (Å²) in [4.78, 5) is 11.2. The van der Waals surface area contributed by atoms with Crippen LogP contribution in [-0.4, -0.2) is 12.5 Å². The SMILES string of the molecule is CCOc1ccc(C)cc1CC(=O)NN. The van der Waals surface area contributed by atoms with Crippen LogP contribution in [0.3, 0.4) is 0 Å². The fourth-order valence-electron chi connectivity index (χ4n) is 1.37. The second-order valence-corrected chi connectivity index (χ2v) is 3.29. The van der Waals surface area contributed by atoms with E-state index in [2.05, 4.69) is 5.43 Å². The van der Waals surface area contributed by atoms with Gasteiger partial charge in [0.05, 0.1) is 13.0 Å². The van der Waals surface area contributed by atoms with Gasteiger partial charge in [0.15, 0.2) is 0 Å². The number of hydrazine groups is 1. The highest BCUT2D eigenvalue weighted by molar-refractivity contribution is 5.78. The number of rotatable bonds is 4. The van der Waals surface area contributed by atoms with E-state index in [9.17, 15) is 4.79 Å². The van der Waals surface area contributed by atoms with Gasteiger partial charge in [0.2, 0.25) is 5.91 Å². The first-order valence-corrected chi connectivity index (χ1v) is 4.89. The van der Waals surface area contributed by atoms with E-state index < -0.39 is 0 Å². The minimum atomic E-state index is -0.221. The molecule has 0 atom stereocenters. The normalized spacial score (nSPS) is 9.80. The summed E-state index contributed by atoms with van der Waals surface area (Å²) in [5, 5.41) is 0. The molecule has 0 radical (unpaired) electrons. The van der Waals surface area contributed by atoms with Gasteiger partial charge in [-0.3, -0.25) is 10.2 Å². The van der Waals surface area contributed by atoms with Crippen LogP contribution >= 0.6 is 0 Å². The Morgan fingerprint density at radius 1 is 1.53 bits per heavy atom. The van der Waals surface area contributed by atoms with Crippen LogP contribution in [0.5, 0.6) is 5.75 Å². The van der Waals surface area contributed by atoms with Crippen LogP contribution in [-0.2, 0) is 11.2 Å². The van der Waals surface area contributed by atoms with Crippen LogP contribution in [0.25, 0.3) is 0 Å². The maximum Gasteiger partial charge on any atom is 0.238 e. The van der Waals surface area contributed by atoms with Crippen LogP contribution in [0, 0.1) is 6.92 Å². The van der Waals surface area contributed by atoms with Gasteiger partial charge in [-0.15, -0.1) is 0 Å². The van der Waals surface area contributed by atoms with Crippen molar-refractivity contribution in [3.05, 3.63) is 29.3 Å². The van der Waals surface area contributed by atoms with Gasteiger partial charge in [-0.2, -0.15) is 0 Å². The van der Waals surface area contributed by atoms with Gasteiger partial charge in [0.25, 0.3) is 0 Å². The number of amides is 1. The van der Waals surface area contributed by atoms with E-state index in [1.165, 1.54) is 0 Å². The molecule has 0 fully saturated rings. The fourth-order valence-corrected chi connectivity index (χ4v) is 1.37. The number of ether oxygens (including phenoxy) is 1. The number of nitrogens with two attached hydrogens (primary N) is 1. The molecule has 0 aromatic heterocycles. The Hall–Kier alpha value is -1.55. The Bertz CT molecular complexity index is 350. The molecule has 1 aromatic rings. The molecule has 0 unspecified atom stereocenters. The molecule has 0 aliphatic rings. The zero-order valence-electron chi connectivity index (χ0n) is 9.04. The summed E-state index contributed by atoms with van der Waals surface area (Å²) in [5.41, 5.74) is 4.06. The van der Waals surface area contributed by atoms with Crippen molar-refractivity contribution in [1.82, 2.24) is 5.43 Å². The number of hydrogen-bond donors (Lipinski definition) is 2. The summed E-state index contributed by atoms with van der Waals surface area (Å²) in [6, 6.07) is 5.76. The first-order valence-electron chi connectivity index (χ1n) is 4.89. The predicted octanol–water partition coefficient (Wildman–Crippen LogP) is 0.926. The average molecular weight is 208 g/mol. The lowest BCUT2D eigenvalue weighted by Crippen LogP contribution is -2.31. The summed E-state index contributed by atoms with van der Waals surface area (Å²) in [6.45, 7) is 4.46. The molecule has 82 valence electrons. The third-order valence-corrected chi connectivity index (χ3v) is 2.03. The Kier molecular flexibility index (Phi) is 4.12. The Labute approximate surface area is 89.4 Å². The van der Waals surface area contributed by atoms with E-state index in [4.69, 9.17) is 10.6 Å². The molecular formula is C11H16N2O2. The quantitative estimate of drug-likeness (QED) is 0.439. The van der Waals surface area contributed by atoms with Gasteiger partial charge >= 0.3 is 0 Å². The largest absolute Gasteiger partial charge is 0.494 e. The summed E-state index contributed by atoms with van der Waals surface area (Å²) < 4.78 is 5.42. The molecule has 0 saturated heterocycles. The standard InChI is InChI=1S/C11H16N2O2/c1-3-15-10-5-4-8(2)6-9(10)7-11(14)13-12/h4-6H,3,7,12H2,1-2H3,(H,13,14). The molecule has 4 heteroatoms. The maximum absolute atomic E-state index is 11.2.